The first-order valence-electron chi connectivity index (χ1n) is 8.22. The number of ether oxygens (including phenoxy) is 1. The Morgan fingerprint density at radius 3 is 2.67 bits per heavy atom. The molecule has 6 heteroatoms. The SMILES string of the molecule is C=CCNC(=NC)NCC(c1ccccc1OC)N1CCCC1.I. The van der Waals surface area contributed by atoms with Crippen molar-refractivity contribution in [3.8, 4) is 5.75 Å². The molecule has 134 valence electrons. The number of nitrogens with one attached hydrogen (secondary N) is 2. The maximum absolute atomic E-state index is 5.57. The van der Waals surface area contributed by atoms with Gasteiger partial charge in [-0.3, -0.25) is 9.89 Å². The number of hydrogen-bond donors (Lipinski definition) is 2. The first kappa shape index (κ1) is 20.8. The lowest BCUT2D eigenvalue weighted by Gasteiger charge is -2.29. The molecule has 1 aliphatic heterocycles. The summed E-state index contributed by atoms with van der Waals surface area (Å²) in [7, 11) is 3.52. The molecule has 1 aromatic rings. The van der Waals surface area contributed by atoms with Gasteiger partial charge in [-0.15, -0.1) is 30.6 Å². The third kappa shape index (κ3) is 5.66. The van der Waals surface area contributed by atoms with E-state index in [0.717, 1.165) is 31.3 Å². The van der Waals surface area contributed by atoms with Crippen molar-refractivity contribution in [1.82, 2.24) is 15.5 Å². The zero-order valence-corrected chi connectivity index (χ0v) is 17.0. The van der Waals surface area contributed by atoms with E-state index in [1.807, 2.05) is 18.2 Å². The summed E-state index contributed by atoms with van der Waals surface area (Å²) < 4.78 is 5.57. The minimum absolute atomic E-state index is 0. The molecular weight excluding hydrogens is 415 g/mol. The van der Waals surface area contributed by atoms with Crippen LogP contribution in [0.1, 0.15) is 24.4 Å². The Morgan fingerprint density at radius 1 is 1.33 bits per heavy atom. The largest absolute Gasteiger partial charge is 0.496 e. The number of nitrogens with zero attached hydrogens (tertiary/aromatic N) is 2. The van der Waals surface area contributed by atoms with Crippen LogP contribution in [-0.2, 0) is 0 Å². The van der Waals surface area contributed by atoms with Gasteiger partial charge >= 0.3 is 0 Å². The number of hydrogen-bond acceptors (Lipinski definition) is 3. The third-order valence-electron chi connectivity index (χ3n) is 4.18. The summed E-state index contributed by atoms with van der Waals surface area (Å²) in [5, 5.41) is 6.64. The van der Waals surface area contributed by atoms with E-state index in [-0.39, 0.29) is 30.0 Å². The summed E-state index contributed by atoms with van der Waals surface area (Å²) in [5.74, 6) is 1.74. The molecule has 1 unspecified atom stereocenters. The zero-order chi connectivity index (χ0) is 16.5. The molecule has 0 bridgehead atoms. The highest BCUT2D eigenvalue weighted by molar-refractivity contribution is 14.0. The molecule has 2 N–H and O–H groups in total. The minimum atomic E-state index is 0. The van der Waals surface area contributed by atoms with Gasteiger partial charge in [0.1, 0.15) is 5.75 Å². The summed E-state index contributed by atoms with van der Waals surface area (Å²) in [6.07, 6.45) is 4.34. The quantitative estimate of drug-likeness (QED) is 0.294. The number of aliphatic imine (C=N–C) groups is 1. The van der Waals surface area contributed by atoms with Crippen molar-refractivity contribution in [2.75, 3.05) is 40.3 Å². The molecule has 1 aromatic carbocycles. The Kier molecular flexibility index (Phi) is 9.78. The zero-order valence-electron chi connectivity index (χ0n) is 14.6. The van der Waals surface area contributed by atoms with Gasteiger partial charge in [0.05, 0.1) is 13.2 Å². The molecule has 1 heterocycles. The van der Waals surface area contributed by atoms with Gasteiger partial charge in [-0.2, -0.15) is 0 Å². The van der Waals surface area contributed by atoms with Gasteiger partial charge in [-0.05, 0) is 32.0 Å². The van der Waals surface area contributed by atoms with E-state index < -0.39 is 0 Å². The lowest BCUT2D eigenvalue weighted by molar-refractivity contribution is 0.239. The summed E-state index contributed by atoms with van der Waals surface area (Å²) in [4.78, 5) is 6.78. The molecule has 1 saturated heterocycles. The second-order valence-electron chi connectivity index (χ2n) is 5.62. The summed E-state index contributed by atoms with van der Waals surface area (Å²) in [6.45, 7) is 7.47. The van der Waals surface area contributed by atoms with E-state index in [9.17, 15) is 0 Å². The number of rotatable bonds is 7. The highest BCUT2D eigenvalue weighted by atomic mass is 127. The fourth-order valence-corrected chi connectivity index (χ4v) is 3.01. The first-order valence-corrected chi connectivity index (χ1v) is 8.22. The molecule has 0 aliphatic carbocycles. The average molecular weight is 444 g/mol. The fraction of sp³-hybridized carbons (Fsp3) is 0.500. The van der Waals surface area contributed by atoms with E-state index in [1.165, 1.54) is 18.4 Å². The molecule has 1 fully saturated rings. The Bertz CT molecular complexity index is 530. The highest BCUT2D eigenvalue weighted by Crippen LogP contribution is 2.31. The van der Waals surface area contributed by atoms with Gasteiger partial charge in [0.15, 0.2) is 5.96 Å². The van der Waals surface area contributed by atoms with Crippen LogP contribution in [0, 0.1) is 0 Å². The molecule has 0 aromatic heterocycles. The molecule has 0 saturated carbocycles. The van der Waals surface area contributed by atoms with Gasteiger partial charge in [-0.1, -0.05) is 24.3 Å². The van der Waals surface area contributed by atoms with Crippen LogP contribution >= 0.6 is 24.0 Å². The number of likely N-dealkylation sites (tertiary alicyclic amines) is 1. The van der Waals surface area contributed by atoms with Crippen LogP contribution in [0.25, 0.3) is 0 Å². The molecule has 1 aliphatic rings. The van der Waals surface area contributed by atoms with Gasteiger partial charge in [0.2, 0.25) is 0 Å². The Labute approximate surface area is 162 Å². The van der Waals surface area contributed by atoms with Crippen LogP contribution in [0.3, 0.4) is 0 Å². The lowest BCUT2D eigenvalue weighted by Crippen LogP contribution is -2.42. The number of para-hydroxylation sites is 1. The molecule has 0 amide bonds. The van der Waals surface area contributed by atoms with Crippen molar-refractivity contribution >= 4 is 29.9 Å². The van der Waals surface area contributed by atoms with Crippen LogP contribution in [0.5, 0.6) is 5.75 Å². The highest BCUT2D eigenvalue weighted by Gasteiger charge is 2.25. The van der Waals surface area contributed by atoms with Crippen LogP contribution in [0.15, 0.2) is 41.9 Å². The summed E-state index contributed by atoms with van der Waals surface area (Å²) in [5.41, 5.74) is 1.23. The molecular formula is C18H29IN4O. The van der Waals surface area contributed by atoms with Crippen LogP contribution in [0.2, 0.25) is 0 Å². The molecule has 1 atom stereocenters. The van der Waals surface area contributed by atoms with E-state index in [4.69, 9.17) is 4.74 Å². The second-order valence-corrected chi connectivity index (χ2v) is 5.62. The smallest absolute Gasteiger partial charge is 0.191 e. The van der Waals surface area contributed by atoms with Crippen molar-refractivity contribution in [2.45, 2.75) is 18.9 Å². The first-order chi connectivity index (χ1) is 11.3. The van der Waals surface area contributed by atoms with Crippen molar-refractivity contribution in [1.29, 1.82) is 0 Å². The van der Waals surface area contributed by atoms with Crippen molar-refractivity contribution in [3.05, 3.63) is 42.5 Å². The number of guanidine groups is 1. The fourth-order valence-electron chi connectivity index (χ4n) is 3.01. The van der Waals surface area contributed by atoms with Gasteiger partial charge < -0.3 is 15.4 Å². The Morgan fingerprint density at radius 2 is 2.04 bits per heavy atom. The second kappa shape index (κ2) is 11.3. The van der Waals surface area contributed by atoms with Gasteiger partial charge in [0, 0.05) is 25.7 Å². The number of methoxy groups -OCH3 is 1. The average Bonchev–Trinajstić information content (AvgIpc) is 3.12. The van der Waals surface area contributed by atoms with E-state index >= 15 is 0 Å². The van der Waals surface area contributed by atoms with Gasteiger partial charge in [0.25, 0.3) is 0 Å². The topological polar surface area (TPSA) is 48.9 Å². The van der Waals surface area contributed by atoms with E-state index in [0.29, 0.717) is 6.54 Å². The van der Waals surface area contributed by atoms with Crippen molar-refractivity contribution < 1.29 is 4.74 Å². The minimum Gasteiger partial charge on any atom is -0.496 e. The predicted octanol–water partition coefficient (Wildman–Crippen LogP) is 2.80. The van der Waals surface area contributed by atoms with Crippen LogP contribution in [-0.4, -0.2) is 51.2 Å². The normalized spacial score (nSPS) is 16.2. The van der Waals surface area contributed by atoms with Crippen LogP contribution < -0.4 is 15.4 Å². The van der Waals surface area contributed by atoms with Crippen molar-refractivity contribution in [3.63, 3.8) is 0 Å². The van der Waals surface area contributed by atoms with Crippen LogP contribution in [0.4, 0.5) is 0 Å². The predicted molar refractivity (Wildman–Crippen MR) is 112 cm³/mol. The van der Waals surface area contributed by atoms with Gasteiger partial charge in [-0.25, -0.2) is 0 Å². The molecule has 5 nitrogen and oxygen atoms in total. The molecule has 24 heavy (non-hydrogen) atoms. The summed E-state index contributed by atoms with van der Waals surface area (Å²) >= 11 is 0. The molecule has 2 rings (SSSR count). The monoisotopic (exact) mass is 444 g/mol. The standard InChI is InChI=1S/C18H28N4O.HI/c1-4-11-20-18(19-2)21-14-16(22-12-7-8-13-22)15-9-5-6-10-17(15)23-3;/h4-6,9-10,16H,1,7-8,11-14H2,2-3H3,(H2,19,20,21);1H. The van der Waals surface area contributed by atoms with E-state index in [2.05, 4.69) is 39.2 Å². The molecule has 0 radical (unpaired) electrons. The van der Waals surface area contributed by atoms with E-state index in [1.54, 1.807) is 14.2 Å². The molecule has 0 spiro atoms. The maximum Gasteiger partial charge on any atom is 0.191 e. The maximum atomic E-state index is 5.57. The number of halogens is 1. The lowest BCUT2D eigenvalue weighted by atomic mass is 10.0. The Balaban J connectivity index is 0.00000288. The summed E-state index contributed by atoms with van der Waals surface area (Å²) in [6, 6.07) is 8.55. The Hall–Kier alpha value is -1.28. The third-order valence-corrected chi connectivity index (χ3v) is 4.18. The number of benzene rings is 1. The van der Waals surface area contributed by atoms with Crippen molar-refractivity contribution in [2.24, 2.45) is 4.99 Å².